The van der Waals surface area contributed by atoms with E-state index in [1.54, 1.807) is 0 Å². The van der Waals surface area contributed by atoms with Crippen LogP contribution in [0.1, 0.15) is 5.56 Å². The molecule has 116 valence electrons. The van der Waals surface area contributed by atoms with E-state index < -0.39 is 38.7 Å². The van der Waals surface area contributed by atoms with Gasteiger partial charge in [-0.15, -0.1) is 0 Å². The van der Waals surface area contributed by atoms with E-state index >= 15 is 0 Å². The van der Waals surface area contributed by atoms with Crippen LogP contribution in [0.15, 0.2) is 12.1 Å². The molecule has 0 atom stereocenters. The van der Waals surface area contributed by atoms with Gasteiger partial charge in [0.05, 0.1) is 22.5 Å². The maximum atomic E-state index is 12.9. The molecular weight excluding hydrogens is 301 g/mol. The first-order valence-electron chi connectivity index (χ1n) is 5.34. The normalized spacial score (nSPS) is 11.2. The van der Waals surface area contributed by atoms with Crippen LogP contribution in [0.5, 0.6) is 5.75 Å². The minimum absolute atomic E-state index is 0.106. The highest BCUT2D eigenvalue weighted by molar-refractivity contribution is 5.59. The van der Waals surface area contributed by atoms with E-state index in [0.717, 1.165) is 0 Å². The number of non-ortho nitro benzene ring substituents is 1. The Kier molecular flexibility index (Phi) is 5.02. The number of hydrogen-bond donors (Lipinski definition) is 0. The van der Waals surface area contributed by atoms with Crippen molar-refractivity contribution in [2.24, 2.45) is 0 Å². The summed E-state index contributed by atoms with van der Waals surface area (Å²) in [5.74, 6) is -1.07. The molecular formula is C10H9F3N2O6. The Morgan fingerprint density at radius 1 is 1.14 bits per heavy atom. The van der Waals surface area contributed by atoms with Crippen LogP contribution in [0.3, 0.4) is 0 Å². The van der Waals surface area contributed by atoms with Gasteiger partial charge in [0, 0.05) is 13.2 Å². The summed E-state index contributed by atoms with van der Waals surface area (Å²) >= 11 is 0. The molecule has 11 heteroatoms. The number of nitrogens with zero attached hydrogens (tertiary/aromatic N) is 2. The molecule has 1 aromatic rings. The molecule has 1 aromatic carbocycles. The first-order chi connectivity index (χ1) is 9.68. The molecule has 0 heterocycles. The van der Waals surface area contributed by atoms with Crippen LogP contribution in [0.2, 0.25) is 0 Å². The molecule has 0 aliphatic carbocycles. The van der Waals surface area contributed by atoms with Crippen molar-refractivity contribution in [3.63, 3.8) is 0 Å². The Morgan fingerprint density at radius 3 is 2.19 bits per heavy atom. The Labute approximate surface area is 115 Å². The third kappa shape index (κ3) is 4.02. The van der Waals surface area contributed by atoms with Crippen molar-refractivity contribution in [3.8, 4) is 5.75 Å². The lowest BCUT2D eigenvalue weighted by atomic mass is 10.1. The summed E-state index contributed by atoms with van der Waals surface area (Å²) in [6.45, 7) is -0.482. The van der Waals surface area contributed by atoms with E-state index in [1.165, 1.54) is 7.11 Å². The molecule has 0 aliphatic heterocycles. The zero-order valence-electron chi connectivity index (χ0n) is 10.5. The highest BCUT2D eigenvalue weighted by Gasteiger charge is 2.40. The van der Waals surface area contributed by atoms with Gasteiger partial charge in [0.1, 0.15) is 12.2 Å². The van der Waals surface area contributed by atoms with Gasteiger partial charge in [-0.3, -0.25) is 20.2 Å². The highest BCUT2D eigenvalue weighted by Crippen LogP contribution is 2.44. The summed E-state index contributed by atoms with van der Waals surface area (Å²) in [7, 11) is 1.26. The van der Waals surface area contributed by atoms with E-state index in [0.29, 0.717) is 6.07 Å². The number of halogens is 3. The number of methoxy groups -OCH3 is 1. The maximum Gasteiger partial charge on any atom is 0.420 e. The van der Waals surface area contributed by atoms with Crippen LogP contribution >= 0.6 is 0 Å². The molecule has 0 spiro atoms. The fourth-order valence-electron chi connectivity index (χ4n) is 1.43. The van der Waals surface area contributed by atoms with Gasteiger partial charge in [-0.05, 0) is 0 Å². The zero-order valence-corrected chi connectivity index (χ0v) is 10.5. The van der Waals surface area contributed by atoms with Gasteiger partial charge in [-0.2, -0.15) is 13.2 Å². The van der Waals surface area contributed by atoms with Gasteiger partial charge in [-0.25, -0.2) is 0 Å². The van der Waals surface area contributed by atoms with E-state index in [-0.39, 0.29) is 19.3 Å². The van der Waals surface area contributed by atoms with Gasteiger partial charge in [0.15, 0.2) is 0 Å². The molecule has 8 nitrogen and oxygen atoms in total. The molecule has 0 N–H and O–H groups in total. The quantitative estimate of drug-likeness (QED) is 0.454. The van der Waals surface area contributed by atoms with Crippen molar-refractivity contribution < 1.29 is 32.5 Å². The van der Waals surface area contributed by atoms with E-state index in [1.807, 2.05) is 0 Å². The first-order valence-corrected chi connectivity index (χ1v) is 5.34. The molecule has 0 aliphatic rings. The molecule has 0 bridgehead atoms. The van der Waals surface area contributed by atoms with E-state index in [9.17, 15) is 33.4 Å². The second-order valence-electron chi connectivity index (χ2n) is 3.69. The number of alkyl halides is 3. The van der Waals surface area contributed by atoms with Gasteiger partial charge in [-0.1, -0.05) is 0 Å². The van der Waals surface area contributed by atoms with Gasteiger partial charge >= 0.3 is 11.9 Å². The third-order valence-electron chi connectivity index (χ3n) is 2.30. The van der Waals surface area contributed by atoms with E-state index in [4.69, 9.17) is 4.74 Å². The van der Waals surface area contributed by atoms with Crippen molar-refractivity contribution in [3.05, 3.63) is 37.9 Å². The van der Waals surface area contributed by atoms with Crippen LogP contribution in [0.25, 0.3) is 0 Å². The van der Waals surface area contributed by atoms with Gasteiger partial charge in [0.25, 0.3) is 5.69 Å². The summed E-state index contributed by atoms with van der Waals surface area (Å²) in [6, 6.07) is 0.604. The smallest absolute Gasteiger partial charge is 0.420 e. The maximum absolute atomic E-state index is 12.9. The van der Waals surface area contributed by atoms with Crippen molar-refractivity contribution in [1.82, 2.24) is 0 Å². The number of rotatable bonds is 6. The lowest BCUT2D eigenvalue weighted by Crippen LogP contribution is -2.13. The number of nitro groups is 2. The average Bonchev–Trinajstić information content (AvgIpc) is 2.37. The molecule has 0 aromatic heterocycles. The Balaban J connectivity index is 3.47. The van der Waals surface area contributed by atoms with Gasteiger partial charge in [0.2, 0.25) is 5.75 Å². The summed E-state index contributed by atoms with van der Waals surface area (Å²) in [5, 5.41) is 21.4. The predicted octanol–water partition coefficient (Wildman–Crippen LogP) is 2.55. The molecule has 0 saturated carbocycles. The van der Waals surface area contributed by atoms with E-state index in [2.05, 4.69) is 4.74 Å². The summed E-state index contributed by atoms with van der Waals surface area (Å²) < 4.78 is 48.0. The van der Waals surface area contributed by atoms with Crippen LogP contribution in [-0.2, 0) is 10.9 Å². The monoisotopic (exact) mass is 310 g/mol. The topological polar surface area (TPSA) is 105 Å². The van der Waals surface area contributed by atoms with Crippen molar-refractivity contribution in [2.45, 2.75) is 6.18 Å². The Morgan fingerprint density at radius 2 is 1.76 bits per heavy atom. The molecule has 21 heavy (non-hydrogen) atoms. The number of benzene rings is 1. The molecule has 0 amide bonds. The van der Waals surface area contributed by atoms with Crippen molar-refractivity contribution in [1.29, 1.82) is 0 Å². The number of ether oxygens (including phenoxy) is 2. The van der Waals surface area contributed by atoms with Gasteiger partial charge < -0.3 is 9.47 Å². The summed E-state index contributed by atoms with van der Waals surface area (Å²) in [6.07, 6.45) is -5.04. The SMILES string of the molecule is COCCOc1c([N+](=O)[O-])cc([N+](=O)[O-])cc1C(F)(F)F. The molecule has 0 unspecified atom stereocenters. The summed E-state index contributed by atoms with van der Waals surface area (Å²) in [5.41, 5.74) is -3.76. The molecule has 0 radical (unpaired) electrons. The van der Waals surface area contributed by atoms with Crippen LogP contribution in [-0.4, -0.2) is 30.2 Å². The molecule has 1 rings (SSSR count). The second kappa shape index (κ2) is 6.35. The lowest BCUT2D eigenvalue weighted by Gasteiger charge is -2.13. The lowest BCUT2D eigenvalue weighted by molar-refractivity contribution is -0.395. The van der Waals surface area contributed by atoms with Crippen molar-refractivity contribution in [2.75, 3.05) is 20.3 Å². The van der Waals surface area contributed by atoms with Crippen LogP contribution in [0.4, 0.5) is 24.5 Å². The Hall–Kier alpha value is -2.43. The fourth-order valence-corrected chi connectivity index (χ4v) is 1.43. The van der Waals surface area contributed by atoms with Crippen LogP contribution < -0.4 is 4.74 Å². The largest absolute Gasteiger partial charge is 0.484 e. The molecule has 0 fully saturated rings. The average molecular weight is 310 g/mol. The summed E-state index contributed by atoms with van der Waals surface area (Å²) in [4.78, 5) is 19.1. The Bertz CT molecular complexity index is 560. The first kappa shape index (κ1) is 16.6. The zero-order chi connectivity index (χ0) is 16.2. The predicted molar refractivity (Wildman–Crippen MR) is 62.1 cm³/mol. The number of nitro benzene ring substituents is 2. The highest BCUT2D eigenvalue weighted by atomic mass is 19.4. The molecule has 0 saturated heterocycles. The minimum atomic E-state index is -5.04. The third-order valence-corrected chi connectivity index (χ3v) is 2.30. The number of hydrogen-bond acceptors (Lipinski definition) is 6. The standard InChI is InChI=1S/C10H9F3N2O6/c1-20-2-3-21-9-7(10(11,12)13)4-6(14(16)17)5-8(9)15(18)19/h4-5H,2-3H2,1H3. The second-order valence-corrected chi connectivity index (χ2v) is 3.69. The van der Waals surface area contributed by atoms with Crippen LogP contribution in [0, 0.1) is 20.2 Å². The fraction of sp³-hybridized carbons (Fsp3) is 0.400. The minimum Gasteiger partial charge on any atom is -0.484 e. The van der Waals surface area contributed by atoms with Crippen molar-refractivity contribution >= 4 is 11.4 Å².